The van der Waals surface area contributed by atoms with E-state index in [0.29, 0.717) is 0 Å². The Bertz CT molecular complexity index is 435. The Hall–Kier alpha value is -1.57. The maximum atomic E-state index is 11.9. The Labute approximate surface area is 116 Å². The fourth-order valence-corrected chi connectivity index (χ4v) is 1.97. The fourth-order valence-electron chi connectivity index (χ4n) is 1.97. The normalized spacial score (nSPS) is 12.1. The highest BCUT2D eigenvalue weighted by Gasteiger charge is 2.18. The molecule has 1 amide bonds. The van der Waals surface area contributed by atoms with Crippen LogP contribution in [-0.2, 0) is 11.2 Å². The van der Waals surface area contributed by atoms with E-state index in [1.165, 1.54) is 12.0 Å². The zero-order valence-corrected chi connectivity index (χ0v) is 12.3. The number of allylic oxidation sites excluding steroid dienone is 1. The number of rotatable bonds is 4. The highest BCUT2D eigenvalue weighted by molar-refractivity contribution is 6.20. The number of carbonyl (C=O) groups is 1. The molecule has 0 aliphatic heterocycles. The molecule has 0 saturated heterocycles. The number of hydrogen-bond donors (Lipinski definition) is 1. The summed E-state index contributed by atoms with van der Waals surface area (Å²) in [5, 5.41) is 2.96. The van der Waals surface area contributed by atoms with E-state index < -0.39 is 0 Å². The van der Waals surface area contributed by atoms with Crippen LogP contribution in [0.2, 0.25) is 0 Å². The quantitative estimate of drug-likeness (QED) is 0.815. The maximum Gasteiger partial charge on any atom is 0.251 e. The van der Waals surface area contributed by atoms with E-state index in [-0.39, 0.29) is 5.91 Å². The lowest BCUT2D eigenvalue weighted by molar-refractivity contribution is -0.115. The Morgan fingerprint density at radius 3 is 2.58 bits per heavy atom. The van der Waals surface area contributed by atoms with Gasteiger partial charge in [0.25, 0.3) is 5.91 Å². The molecule has 0 heterocycles. The molecule has 1 aromatic rings. The Morgan fingerprint density at radius 2 is 1.89 bits per heavy atom. The maximum absolute atomic E-state index is 11.9. The van der Waals surface area contributed by atoms with Crippen molar-refractivity contribution < 1.29 is 4.79 Å². The highest BCUT2D eigenvalue weighted by Crippen LogP contribution is 2.26. The van der Waals surface area contributed by atoms with Crippen LogP contribution in [0.25, 0.3) is 5.57 Å². The summed E-state index contributed by atoms with van der Waals surface area (Å²) >= 11 is 0. The summed E-state index contributed by atoms with van der Waals surface area (Å²) in [5.41, 5.74) is 3.19. The predicted molar refractivity (Wildman–Crippen MR) is 82.0 cm³/mol. The van der Waals surface area contributed by atoms with Crippen molar-refractivity contribution >= 4 is 11.5 Å². The second-order valence-electron chi connectivity index (χ2n) is 4.80. The van der Waals surface area contributed by atoms with Crippen LogP contribution in [-0.4, -0.2) is 12.5 Å². The lowest BCUT2D eigenvalue weighted by Crippen LogP contribution is -2.24. The van der Waals surface area contributed by atoms with Crippen LogP contribution in [0.5, 0.6) is 0 Å². The van der Waals surface area contributed by atoms with Crippen LogP contribution in [0.1, 0.15) is 51.2 Å². The van der Waals surface area contributed by atoms with Crippen molar-refractivity contribution in [3.8, 4) is 0 Å². The number of carbonyl (C=O) groups excluding carboxylic acids is 1. The number of hydrogen-bond acceptors (Lipinski definition) is 1. The van der Waals surface area contributed by atoms with Gasteiger partial charge in [0.15, 0.2) is 0 Å². The first-order valence-corrected chi connectivity index (χ1v) is 7.31. The Kier molecular flexibility index (Phi) is 6.94. The molecule has 0 bridgehead atoms. The molecule has 0 atom stereocenters. The van der Waals surface area contributed by atoms with Gasteiger partial charge in [-0.05, 0) is 24.0 Å². The van der Waals surface area contributed by atoms with Crippen molar-refractivity contribution in [3.63, 3.8) is 0 Å². The topological polar surface area (TPSA) is 29.1 Å². The van der Waals surface area contributed by atoms with Crippen LogP contribution >= 0.6 is 0 Å². The zero-order chi connectivity index (χ0) is 14.1. The van der Waals surface area contributed by atoms with Crippen molar-refractivity contribution in [2.24, 2.45) is 0 Å². The molecular weight excluding hydrogens is 234 g/mol. The number of unbranched alkanes of at least 4 members (excludes halogenated alkanes) is 1. The van der Waals surface area contributed by atoms with E-state index in [1.54, 1.807) is 0 Å². The summed E-state index contributed by atoms with van der Waals surface area (Å²) < 4.78 is 0. The van der Waals surface area contributed by atoms with Crippen LogP contribution < -0.4 is 5.32 Å². The molecule has 0 saturated carbocycles. The Morgan fingerprint density at radius 1 is 1.21 bits per heavy atom. The van der Waals surface area contributed by atoms with Gasteiger partial charge in [0, 0.05) is 12.1 Å². The molecule has 1 N–H and O–H groups in total. The highest BCUT2D eigenvalue weighted by atomic mass is 16.1. The van der Waals surface area contributed by atoms with Crippen LogP contribution in [0, 0.1) is 0 Å². The van der Waals surface area contributed by atoms with Gasteiger partial charge in [-0.1, -0.05) is 64.0 Å². The van der Waals surface area contributed by atoms with Gasteiger partial charge in [0.1, 0.15) is 0 Å². The summed E-state index contributed by atoms with van der Waals surface area (Å²) in [7, 11) is 0. The van der Waals surface area contributed by atoms with Gasteiger partial charge >= 0.3 is 0 Å². The van der Waals surface area contributed by atoms with E-state index in [0.717, 1.165) is 36.9 Å². The van der Waals surface area contributed by atoms with Gasteiger partial charge in [-0.2, -0.15) is 0 Å². The van der Waals surface area contributed by atoms with E-state index in [2.05, 4.69) is 32.2 Å². The van der Waals surface area contributed by atoms with Gasteiger partial charge in [-0.15, -0.1) is 0 Å². The molecule has 2 heteroatoms. The van der Waals surface area contributed by atoms with E-state index >= 15 is 0 Å². The second-order valence-corrected chi connectivity index (χ2v) is 4.80. The van der Waals surface area contributed by atoms with E-state index in [4.69, 9.17) is 0 Å². The van der Waals surface area contributed by atoms with Crippen molar-refractivity contribution in [1.29, 1.82) is 0 Å². The second kappa shape index (κ2) is 8.52. The first-order chi connectivity index (χ1) is 9.24. The SMILES string of the molecule is CCC.CCCCNC(=O)C1=CCc2ccccc21. The fraction of sp³-hybridized carbons (Fsp3) is 0.471. The third-order valence-corrected chi connectivity index (χ3v) is 2.89. The molecule has 1 aliphatic rings. The molecule has 19 heavy (non-hydrogen) atoms. The number of nitrogens with one attached hydrogen (secondary N) is 1. The molecule has 1 aliphatic carbocycles. The molecule has 0 radical (unpaired) electrons. The van der Waals surface area contributed by atoms with Crippen molar-refractivity contribution in [3.05, 3.63) is 41.5 Å². The van der Waals surface area contributed by atoms with Crippen LogP contribution in [0.15, 0.2) is 30.3 Å². The number of benzene rings is 1. The average Bonchev–Trinajstić information content (AvgIpc) is 2.84. The van der Waals surface area contributed by atoms with Crippen molar-refractivity contribution in [2.75, 3.05) is 6.54 Å². The lowest BCUT2D eigenvalue weighted by Gasteiger charge is -2.06. The number of amides is 1. The molecule has 104 valence electrons. The lowest BCUT2D eigenvalue weighted by atomic mass is 10.1. The predicted octanol–water partition coefficient (Wildman–Crippen LogP) is 3.96. The molecule has 2 nitrogen and oxygen atoms in total. The van der Waals surface area contributed by atoms with Gasteiger partial charge in [-0.25, -0.2) is 0 Å². The van der Waals surface area contributed by atoms with Gasteiger partial charge in [0.2, 0.25) is 0 Å². The van der Waals surface area contributed by atoms with Crippen LogP contribution in [0.4, 0.5) is 0 Å². The Balaban J connectivity index is 0.000000550. The van der Waals surface area contributed by atoms with Gasteiger partial charge < -0.3 is 5.32 Å². The summed E-state index contributed by atoms with van der Waals surface area (Å²) in [6.45, 7) is 7.14. The van der Waals surface area contributed by atoms with E-state index in [1.807, 2.05) is 24.3 Å². The molecule has 0 aromatic heterocycles. The third kappa shape index (κ3) is 4.55. The summed E-state index contributed by atoms with van der Waals surface area (Å²) in [6.07, 6.45) is 6.30. The zero-order valence-electron chi connectivity index (χ0n) is 12.3. The molecule has 1 aromatic carbocycles. The van der Waals surface area contributed by atoms with E-state index in [9.17, 15) is 4.79 Å². The largest absolute Gasteiger partial charge is 0.352 e. The molecule has 0 fully saturated rings. The summed E-state index contributed by atoms with van der Waals surface area (Å²) in [5.74, 6) is 0.0680. The average molecular weight is 259 g/mol. The van der Waals surface area contributed by atoms with Gasteiger partial charge in [-0.3, -0.25) is 4.79 Å². The minimum Gasteiger partial charge on any atom is -0.352 e. The summed E-state index contributed by atoms with van der Waals surface area (Å²) in [6, 6.07) is 8.10. The molecule has 2 rings (SSSR count). The molecule has 0 spiro atoms. The number of fused-ring (bicyclic) bond motifs is 1. The van der Waals surface area contributed by atoms with Crippen molar-refractivity contribution in [1.82, 2.24) is 5.32 Å². The monoisotopic (exact) mass is 259 g/mol. The minimum atomic E-state index is 0.0680. The third-order valence-electron chi connectivity index (χ3n) is 2.89. The molecule has 0 unspecified atom stereocenters. The van der Waals surface area contributed by atoms with Gasteiger partial charge in [0.05, 0.1) is 0 Å². The smallest absolute Gasteiger partial charge is 0.251 e. The van der Waals surface area contributed by atoms with Crippen LogP contribution in [0.3, 0.4) is 0 Å². The first kappa shape index (κ1) is 15.5. The van der Waals surface area contributed by atoms with Crippen molar-refractivity contribution in [2.45, 2.75) is 46.5 Å². The molecular formula is C17H25NO. The standard InChI is InChI=1S/C14H17NO.C3H8/c1-2-3-10-15-14(16)13-9-8-11-6-4-5-7-12(11)13;1-3-2/h4-7,9H,2-3,8,10H2,1H3,(H,15,16);3H2,1-2H3. The minimum absolute atomic E-state index is 0.0680. The summed E-state index contributed by atoms with van der Waals surface area (Å²) in [4.78, 5) is 11.9. The first-order valence-electron chi connectivity index (χ1n) is 7.31.